The van der Waals surface area contributed by atoms with Gasteiger partial charge in [0.25, 0.3) is 0 Å². The number of anilines is 1. The number of piperazine rings is 1. The number of phenols is 1. The number of phenolic OH excluding ortho intramolecular Hbond substituents is 1. The Balaban J connectivity index is 1.59. The van der Waals surface area contributed by atoms with Crippen LogP contribution in [0, 0.1) is 24.0 Å². The topological polar surface area (TPSA) is 70.5 Å². The van der Waals surface area contributed by atoms with Crippen molar-refractivity contribution in [3.05, 3.63) is 65.9 Å². The number of fused-ring (bicyclic) bond motifs is 4. The van der Waals surface area contributed by atoms with Gasteiger partial charge in [-0.3, -0.25) is 0 Å². The quantitative estimate of drug-likeness (QED) is 0.295. The SMILES string of the molecule is C#Cc1c(F)ccc2cc(O)cc(-c3ccc4c(N5CC6CCC(C5)N6)nc(O/C=C/C)nc4c3F)c12. The summed E-state index contributed by atoms with van der Waals surface area (Å²) < 4.78 is 36.5. The zero-order valence-electron chi connectivity index (χ0n) is 20.1. The Hall–Kier alpha value is -4.22. The molecule has 0 aliphatic carbocycles. The van der Waals surface area contributed by atoms with Gasteiger partial charge < -0.3 is 20.1 Å². The number of aromatic hydroxyl groups is 1. The second-order valence-electron chi connectivity index (χ2n) is 9.44. The first-order valence-electron chi connectivity index (χ1n) is 12.2. The van der Waals surface area contributed by atoms with E-state index in [1.165, 1.54) is 30.5 Å². The van der Waals surface area contributed by atoms with Crippen LogP contribution in [0.1, 0.15) is 25.3 Å². The van der Waals surface area contributed by atoms with Crippen molar-refractivity contribution in [2.45, 2.75) is 31.8 Å². The van der Waals surface area contributed by atoms with Gasteiger partial charge in [-0.1, -0.05) is 24.1 Å². The molecular weight excluding hydrogens is 474 g/mol. The summed E-state index contributed by atoms with van der Waals surface area (Å²) in [5.41, 5.74) is 0.488. The lowest BCUT2D eigenvalue weighted by molar-refractivity contribution is 0.435. The Morgan fingerprint density at radius 3 is 2.62 bits per heavy atom. The molecule has 0 radical (unpaired) electrons. The number of hydrogen-bond donors (Lipinski definition) is 2. The molecule has 3 heterocycles. The van der Waals surface area contributed by atoms with Gasteiger partial charge >= 0.3 is 6.01 Å². The van der Waals surface area contributed by atoms with Crippen LogP contribution in [-0.2, 0) is 0 Å². The highest BCUT2D eigenvalue weighted by atomic mass is 19.1. The highest BCUT2D eigenvalue weighted by Gasteiger charge is 2.34. The van der Waals surface area contributed by atoms with Crippen LogP contribution < -0.4 is 15.0 Å². The van der Waals surface area contributed by atoms with Gasteiger partial charge in [-0.15, -0.1) is 6.42 Å². The van der Waals surface area contributed by atoms with Crippen molar-refractivity contribution >= 4 is 27.5 Å². The predicted molar refractivity (Wildman–Crippen MR) is 140 cm³/mol. The molecule has 0 spiro atoms. The number of nitrogens with zero attached hydrogens (tertiary/aromatic N) is 3. The number of nitrogens with one attached hydrogen (secondary N) is 1. The lowest BCUT2D eigenvalue weighted by Crippen LogP contribution is -2.51. The molecule has 186 valence electrons. The van der Waals surface area contributed by atoms with Gasteiger partial charge in [0.1, 0.15) is 22.9 Å². The normalized spacial score (nSPS) is 19.1. The molecule has 2 saturated heterocycles. The molecule has 6 nitrogen and oxygen atoms in total. The third-order valence-electron chi connectivity index (χ3n) is 7.08. The van der Waals surface area contributed by atoms with Crippen molar-refractivity contribution in [2.24, 2.45) is 0 Å². The number of aromatic nitrogens is 2. The number of ether oxygens (including phenoxy) is 1. The van der Waals surface area contributed by atoms with E-state index in [1.54, 1.807) is 25.1 Å². The van der Waals surface area contributed by atoms with E-state index >= 15 is 4.39 Å². The van der Waals surface area contributed by atoms with Crippen LogP contribution in [0.3, 0.4) is 0 Å². The average molecular weight is 499 g/mol. The van der Waals surface area contributed by atoms with E-state index in [0.29, 0.717) is 34.1 Å². The van der Waals surface area contributed by atoms with Gasteiger partial charge in [-0.2, -0.15) is 9.97 Å². The van der Waals surface area contributed by atoms with E-state index in [1.807, 2.05) is 0 Å². The van der Waals surface area contributed by atoms with Crippen LogP contribution in [0.25, 0.3) is 32.8 Å². The Morgan fingerprint density at radius 2 is 1.89 bits per heavy atom. The van der Waals surface area contributed by atoms with Gasteiger partial charge in [-0.05, 0) is 55.0 Å². The van der Waals surface area contributed by atoms with Crippen molar-refractivity contribution in [3.63, 3.8) is 0 Å². The first-order chi connectivity index (χ1) is 18.0. The van der Waals surface area contributed by atoms with Gasteiger partial charge in [0, 0.05) is 41.5 Å². The monoisotopic (exact) mass is 498 g/mol. The maximum absolute atomic E-state index is 16.3. The smallest absolute Gasteiger partial charge is 0.324 e. The summed E-state index contributed by atoms with van der Waals surface area (Å²) in [7, 11) is 0. The number of halogens is 2. The maximum Gasteiger partial charge on any atom is 0.324 e. The van der Waals surface area contributed by atoms with Crippen LogP contribution in [0.5, 0.6) is 11.8 Å². The van der Waals surface area contributed by atoms with E-state index in [4.69, 9.17) is 11.2 Å². The molecule has 4 aromatic rings. The van der Waals surface area contributed by atoms with Gasteiger partial charge in [0.2, 0.25) is 0 Å². The van der Waals surface area contributed by atoms with Crippen LogP contribution in [0.2, 0.25) is 0 Å². The molecule has 1 aromatic heterocycles. The largest absolute Gasteiger partial charge is 0.508 e. The van der Waals surface area contributed by atoms with E-state index in [0.717, 1.165) is 25.9 Å². The molecule has 37 heavy (non-hydrogen) atoms. The minimum absolute atomic E-state index is 0.00349. The molecule has 0 saturated carbocycles. The average Bonchev–Trinajstić information content (AvgIpc) is 3.24. The van der Waals surface area contributed by atoms with Crippen molar-refractivity contribution in [3.8, 4) is 35.2 Å². The Kier molecular flexibility index (Phi) is 5.65. The van der Waals surface area contributed by atoms with Crippen LogP contribution >= 0.6 is 0 Å². The van der Waals surface area contributed by atoms with Crippen molar-refractivity contribution in [2.75, 3.05) is 18.0 Å². The molecule has 2 aliphatic rings. The summed E-state index contributed by atoms with van der Waals surface area (Å²) >= 11 is 0. The molecule has 2 N–H and O–H groups in total. The number of rotatable bonds is 4. The third-order valence-corrected chi connectivity index (χ3v) is 7.08. The second kappa shape index (κ2) is 9.02. The first-order valence-corrected chi connectivity index (χ1v) is 12.2. The van der Waals surface area contributed by atoms with Gasteiger partial charge in [-0.25, -0.2) is 8.78 Å². The van der Waals surface area contributed by atoms with E-state index < -0.39 is 11.6 Å². The minimum Gasteiger partial charge on any atom is -0.508 e. The summed E-state index contributed by atoms with van der Waals surface area (Å²) in [4.78, 5) is 11.2. The number of benzene rings is 3. The minimum atomic E-state index is -0.635. The fourth-order valence-electron chi connectivity index (χ4n) is 5.50. The van der Waals surface area contributed by atoms with Crippen LogP contribution in [0.15, 0.2) is 48.7 Å². The fraction of sp³-hybridized carbons (Fsp3) is 0.241. The van der Waals surface area contributed by atoms with Crippen molar-refractivity contribution in [1.82, 2.24) is 15.3 Å². The third kappa shape index (κ3) is 3.92. The van der Waals surface area contributed by atoms with Crippen LogP contribution in [0.4, 0.5) is 14.6 Å². The van der Waals surface area contributed by atoms with Gasteiger partial charge in [0.15, 0.2) is 5.82 Å². The fourth-order valence-corrected chi connectivity index (χ4v) is 5.50. The molecule has 2 fully saturated rings. The van der Waals surface area contributed by atoms with Crippen LogP contribution in [-0.4, -0.2) is 40.2 Å². The summed E-state index contributed by atoms with van der Waals surface area (Å²) in [6.07, 6.45) is 10.9. The zero-order valence-corrected chi connectivity index (χ0v) is 20.1. The Labute approximate surface area is 212 Å². The number of allylic oxidation sites excluding steroid dienone is 1. The Morgan fingerprint density at radius 1 is 1.11 bits per heavy atom. The molecule has 2 aliphatic heterocycles. The maximum atomic E-state index is 16.3. The summed E-state index contributed by atoms with van der Waals surface area (Å²) in [5, 5.41) is 15.4. The molecule has 0 amide bonds. The molecule has 2 bridgehead atoms. The molecule has 3 aromatic carbocycles. The number of hydrogen-bond acceptors (Lipinski definition) is 6. The van der Waals surface area contributed by atoms with Gasteiger partial charge in [0.05, 0.1) is 11.8 Å². The molecule has 6 rings (SSSR count). The first kappa shape index (κ1) is 23.2. The standard InChI is InChI=1S/C29H24F2N4O2/c1-3-11-37-29-33-27-22(28(34-29)35-14-17-6-7-18(15-35)32-17)9-8-21(26(27)31)23-13-19(36)12-16-5-10-24(30)20(4-2)25(16)23/h2-3,5,8-13,17-18,32,36H,6-7,14-15H2,1H3/b11-3+. The summed E-state index contributed by atoms with van der Waals surface area (Å²) in [5.74, 6) is 1.66. The lowest BCUT2D eigenvalue weighted by atomic mass is 9.93. The van der Waals surface area contributed by atoms with Crippen molar-refractivity contribution in [1.29, 1.82) is 0 Å². The zero-order chi connectivity index (χ0) is 25.7. The number of terminal acetylenes is 1. The molecule has 8 heteroatoms. The molecule has 2 unspecified atom stereocenters. The highest BCUT2D eigenvalue weighted by Crippen LogP contribution is 2.40. The predicted octanol–water partition coefficient (Wildman–Crippen LogP) is 5.27. The Bertz CT molecular complexity index is 1620. The highest BCUT2D eigenvalue weighted by molar-refractivity contribution is 6.04. The second-order valence-corrected chi connectivity index (χ2v) is 9.44. The molecular formula is C29H24F2N4O2. The summed E-state index contributed by atoms with van der Waals surface area (Å²) in [6.45, 7) is 3.29. The summed E-state index contributed by atoms with van der Waals surface area (Å²) in [6, 6.07) is 9.70. The van der Waals surface area contributed by atoms with E-state index in [-0.39, 0.29) is 34.0 Å². The van der Waals surface area contributed by atoms with E-state index in [9.17, 15) is 9.50 Å². The lowest BCUT2D eigenvalue weighted by Gasteiger charge is -2.34. The van der Waals surface area contributed by atoms with Crippen molar-refractivity contribution < 1.29 is 18.6 Å². The van der Waals surface area contributed by atoms with E-state index in [2.05, 4.69) is 26.1 Å². The molecule has 2 atom stereocenters.